The third-order valence-corrected chi connectivity index (χ3v) is 4.21. The van der Waals surface area contributed by atoms with Gasteiger partial charge in [-0.1, -0.05) is 0 Å². The molecule has 0 aromatic heterocycles. The van der Waals surface area contributed by atoms with Crippen LogP contribution in [-0.2, 0) is 16.0 Å². The molecular formula is C19H28N2O5. The average Bonchev–Trinajstić information content (AvgIpc) is 2.53. The third-order valence-electron chi connectivity index (χ3n) is 4.21. The van der Waals surface area contributed by atoms with Gasteiger partial charge in [0.25, 0.3) is 0 Å². The van der Waals surface area contributed by atoms with E-state index in [9.17, 15) is 14.7 Å². The summed E-state index contributed by atoms with van der Waals surface area (Å²) in [5, 5.41) is 9.66. The number of hydrogen-bond acceptors (Lipinski definition) is 5. The van der Waals surface area contributed by atoms with Gasteiger partial charge in [0.05, 0.1) is 13.5 Å². The smallest absolute Gasteiger partial charge is 0.410 e. The van der Waals surface area contributed by atoms with E-state index in [4.69, 9.17) is 9.47 Å². The highest BCUT2D eigenvalue weighted by atomic mass is 16.6. The van der Waals surface area contributed by atoms with Crippen LogP contribution in [0.25, 0.3) is 0 Å². The van der Waals surface area contributed by atoms with Crippen molar-refractivity contribution in [2.75, 3.05) is 26.7 Å². The first kappa shape index (κ1) is 19.9. The second kappa shape index (κ2) is 7.85. The SMILES string of the molecule is COc1ccc(O)cc1CC(=O)N1CCN(C(=O)OC(C)(C)C)CC1C. The van der Waals surface area contributed by atoms with Crippen LogP contribution in [0, 0.1) is 0 Å². The minimum absolute atomic E-state index is 0.0646. The van der Waals surface area contributed by atoms with Crippen LogP contribution in [0.5, 0.6) is 11.5 Å². The number of nitrogens with zero attached hydrogens (tertiary/aromatic N) is 2. The van der Waals surface area contributed by atoms with Crippen molar-refractivity contribution in [3.8, 4) is 11.5 Å². The van der Waals surface area contributed by atoms with Crippen molar-refractivity contribution in [2.45, 2.75) is 45.8 Å². The van der Waals surface area contributed by atoms with Gasteiger partial charge in [-0.05, 0) is 45.9 Å². The lowest BCUT2D eigenvalue weighted by molar-refractivity contribution is -0.134. The summed E-state index contributed by atoms with van der Waals surface area (Å²) < 4.78 is 10.7. The molecule has 1 saturated heterocycles. The molecule has 0 aliphatic carbocycles. The van der Waals surface area contributed by atoms with E-state index >= 15 is 0 Å². The predicted molar refractivity (Wildman–Crippen MR) is 97.3 cm³/mol. The highest BCUT2D eigenvalue weighted by Gasteiger charge is 2.32. The summed E-state index contributed by atoms with van der Waals surface area (Å²) in [5.74, 6) is 0.595. The van der Waals surface area contributed by atoms with Crippen LogP contribution in [0.1, 0.15) is 33.3 Å². The highest BCUT2D eigenvalue weighted by Crippen LogP contribution is 2.25. The molecule has 1 atom stereocenters. The lowest BCUT2D eigenvalue weighted by atomic mass is 10.1. The molecule has 0 spiro atoms. The molecule has 0 bridgehead atoms. The Kier molecular flexibility index (Phi) is 6.00. The van der Waals surface area contributed by atoms with E-state index in [1.165, 1.54) is 13.2 Å². The van der Waals surface area contributed by atoms with Crippen LogP contribution in [0.15, 0.2) is 18.2 Å². The summed E-state index contributed by atoms with van der Waals surface area (Å²) in [5.41, 5.74) is 0.0957. The lowest BCUT2D eigenvalue weighted by Gasteiger charge is -2.40. The van der Waals surface area contributed by atoms with Crippen LogP contribution in [0.4, 0.5) is 4.79 Å². The van der Waals surface area contributed by atoms with Gasteiger partial charge in [-0.15, -0.1) is 0 Å². The van der Waals surface area contributed by atoms with E-state index < -0.39 is 5.60 Å². The minimum atomic E-state index is -0.543. The van der Waals surface area contributed by atoms with Gasteiger partial charge in [-0.25, -0.2) is 4.79 Å². The maximum absolute atomic E-state index is 12.7. The number of carbonyl (C=O) groups is 2. The maximum Gasteiger partial charge on any atom is 0.410 e. The molecular weight excluding hydrogens is 336 g/mol. The summed E-state index contributed by atoms with van der Waals surface area (Å²) in [7, 11) is 1.53. The van der Waals surface area contributed by atoms with Gasteiger partial charge in [-0.3, -0.25) is 4.79 Å². The summed E-state index contributed by atoms with van der Waals surface area (Å²) in [6, 6.07) is 4.59. The molecule has 7 nitrogen and oxygen atoms in total. The fraction of sp³-hybridized carbons (Fsp3) is 0.579. The average molecular weight is 364 g/mol. The van der Waals surface area contributed by atoms with Crippen LogP contribution in [0.2, 0.25) is 0 Å². The number of hydrogen-bond donors (Lipinski definition) is 1. The molecule has 1 N–H and O–H groups in total. The number of amides is 2. The van der Waals surface area contributed by atoms with Crippen molar-refractivity contribution in [1.82, 2.24) is 9.80 Å². The Balaban J connectivity index is 2.00. The molecule has 1 fully saturated rings. The molecule has 0 radical (unpaired) electrons. The Hall–Kier alpha value is -2.44. The first-order valence-corrected chi connectivity index (χ1v) is 8.74. The number of ether oxygens (including phenoxy) is 2. The van der Waals surface area contributed by atoms with Crippen molar-refractivity contribution >= 4 is 12.0 Å². The van der Waals surface area contributed by atoms with Crippen LogP contribution >= 0.6 is 0 Å². The number of carbonyl (C=O) groups excluding carboxylic acids is 2. The van der Waals surface area contributed by atoms with E-state index in [0.717, 1.165) is 0 Å². The third kappa shape index (κ3) is 5.03. The molecule has 0 saturated carbocycles. The molecule has 1 unspecified atom stereocenters. The van der Waals surface area contributed by atoms with E-state index in [2.05, 4.69) is 0 Å². The van der Waals surface area contributed by atoms with Gasteiger partial charge in [-0.2, -0.15) is 0 Å². The Labute approximate surface area is 154 Å². The molecule has 144 valence electrons. The van der Waals surface area contributed by atoms with Crippen LogP contribution in [-0.4, -0.2) is 65.3 Å². The van der Waals surface area contributed by atoms with Gasteiger partial charge in [0, 0.05) is 31.2 Å². The molecule has 1 aliphatic rings. The van der Waals surface area contributed by atoms with Crippen LogP contribution < -0.4 is 4.74 Å². The zero-order valence-corrected chi connectivity index (χ0v) is 16.1. The van der Waals surface area contributed by atoms with E-state index in [-0.39, 0.29) is 30.2 Å². The van der Waals surface area contributed by atoms with Gasteiger partial charge in [0.2, 0.25) is 5.91 Å². The number of aromatic hydroxyl groups is 1. The predicted octanol–water partition coefficient (Wildman–Crippen LogP) is 2.41. The maximum atomic E-state index is 12.7. The lowest BCUT2D eigenvalue weighted by Crippen LogP contribution is -2.56. The highest BCUT2D eigenvalue weighted by molar-refractivity contribution is 5.80. The number of methoxy groups -OCH3 is 1. The van der Waals surface area contributed by atoms with E-state index in [1.54, 1.807) is 21.9 Å². The molecule has 1 heterocycles. The van der Waals surface area contributed by atoms with E-state index in [0.29, 0.717) is 30.9 Å². The fourth-order valence-electron chi connectivity index (χ4n) is 2.99. The first-order valence-electron chi connectivity index (χ1n) is 8.74. The molecule has 26 heavy (non-hydrogen) atoms. The van der Waals surface area contributed by atoms with Gasteiger partial charge >= 0.3 is 6.09 Å². The second-order valence-corrected chi connectivity index (χ2v) is 7.54. The van der Waals surface area contributed by atoms with Crippen molar-refractivity contribution in [3.63, 3.8) is 0 Å². The Morgan fingerprint density at radius 2 is 1.96 bits per heavy atom. The number of rotatable bonds is 3. The normalized spacial score (nSPS) is 17.8. The topological polar surface area (TPSA) is 79.3 Å². The summed E-state index contributed by atoms with van der Waals surface area (Å²) >= 11 is 0. The van der Waals surface area contributed by atoms with Gasteiger partial charge in [0.15, 0.2) is 0 Å². The standard InChI is InChI=1S/C19H28N2O5/c1-13-12-20(18(24)26-19(2,3)4)8-9-21(13)17(23)11-14-10-15(22)6-7-16(14)25-5/h6-7,10,13,22H,8-9,11-12H2,1-5H3. The fourth-order valence-corrected chi connectivity index (χ4v) is 2.99. The number of phenols is 1. The molecule has 1 aliphatic heterocycles. The number of phenolic OH excluding ortho intramolecular Hbond substituents is 1. The van der Waals surface area contributed by atoms with E-state index in [1.807, 2.05) is 27.7 Å². The zero-order chi connectivity index (χ0) is 19.5. The van der Waals surface area contributed by atoms with Gasteiger partial charge in [0.1, 0.15) is 17.1 Å². The summed E-state index contributed by atoms with van der Waals surface area (Å²) in [4.78, 5) is 28.3. The Bertz CT molecular complexity index is 668. The molecule has 1 aromatic carbocycles. The Morgan fingerprint density at radius 3 is 2.54 bits per heavy atom. The second-order valence-electron chi connectivity index (χ2n) is 7.54. The van der Waals surface area contributed by atoms with Crippen molar-refractivity contribution in [1.29, 1.82) is 0 Å². The monoisotopic (exact) mass is 364 g/mol. The van der Waals surface area contributed by atoms with Crippen molar-refractivity contribution in [2.24, 2.45) is 0 Å². The first-order chi connectivity index (χ1) is 12.1. The largest absolute Gasteiger partial charge is 0.508 e. The Morgan fingerprint density at radius 1 is 1.27 bits per heavy atom. The van der Waals surface area contributed by atoms with Gasteiger partial charge < -0.3 is 24.4 Å². The quantitative estimate of drug-likeness (QED) is 0.891. The summed E-state index contributed by atoms with van der Waals surface area (Å²) in [6.07, 6.45) is -0.222. The molecule has 2 rings (SSSR count). The zero-order valence-electron chi connectivity index (χ0n) is 16.1. The molecule has 1 aromatic rings. The van der Waals surface area contributed by atoms with Crippen molar-refractivity contribution in [3.05, 3.63) is 23.8 Å². The van der Waals surface area contributed by atoms with Crippen molar-refractivity contribution < 1.29 is 24.2 Å². The molecule has 7 heteroatoms. The number of piperazine rings is 1. The number of benzene rings is 1. The summed E-state index contributed by atoms with van der Waals surface area (Å²) in [6.45, 7) is 8.71. The van der Waals surface area contributed by atoms with Crippen LogP contribution in [0.3, 0.4) is 0 Å². The molecule has 2 amide bonds. The minimum Gasteiger partial charge on any atom is -0.508 e.